The van der Waals surface area contributed by atoms with Gasteiger partial charge in [0, 0.05) is 0 Å². The van der Waals surface area contributed by atoms with Crippen LogP contribution in [0.5, 0.6) is 0 Å². The number of rotatable bonds is 3. The highest BCUT2D eigenvalue weighted by atomic mass is 32.2. The first-order chi connectivity index (χ1) is 10.2. The van der Waals surface area contributed by atoms with Crippen LogP contribution in [0.1, 0.15) is 24.8 Å². The number of nitrogens with one attached hydrogen (secondary N) is 1. The summed E-state index contributed by atoms with van der Waals surface area (Å²) in [5.74, 6) is -0.146. The van der Waals surface area contributed by atoms with Gasteiger partial charge in [0.25, 0.3) is 11.1 Å². The molecule has 1 aromatic carbocycles. The summed E-state index contributed by atoms with van der Waals surface area (Å²) in [7, 11) is 0. The van der Waals surface area contributed by atoms with Crippen LogP contribution in [0.2, 0.25) is 0 Å². The molecule has 5 heteroatoms. The molecule has 0 saturated carbocycles. The summed E-state index contributed by atoms with van der Waals surface area (Å²) in [6, 6.07) is 9.65. The van der Waals surface area contributed by atoms with E-state index in [1.54, 1.807) is 6.08 Å². The number of nitrogens with zero attached hydrogens (tertiary/aromatic N) is 1. The van der Waals surface area contributed by atoms with Crippen molar-refractivity contribution in [2.75, 3.05) is 19.8 Å². The zero-order valence-electron chi connectivity index (χ0n) is 11.9. The summed E-state index contributed by atoms with van der Waals surface area (Å²) in [6.45, 7) is 2.62. The minimum Gasteiger partial charge on any atom is -0.317 e. The summed E-state index contributed by atoms with van der Waals surface area (Å²) in [5.41, 5.74) is 0.952. The van der Waals surface area contributed by atoms with Crippen molar-refractivity contribution < 1.29 is 14.5 Å². The van der Waals surface area contributed by atoms with Gasteiger partial charge in [-0.2, -0.15) is 0 Å². The molecule has 1 N–H and O–H groups in total. The quantitative estimate of drug-likeness (QED) is 0.865. The number of quaternary nitrogens is 1. The molecule has 0 radical (unpaired) electrons. The van der Waals surface area contributed by atoms with Crippen molar-refractivity contribution in [3.8, 4) is 0 Å². The fraction of sp³-hybridized carbons (Fsp3) is 0.375. The third-order valence-electron chi connectivity index (χ3n) is 3.91. The fourth-order valence-electron chi connectivity index (χ4n) is 2.77. The van der Waals surface area contributed by atoms with Crippen molar-refractivity contribution in [1.82, 2.24) is 4.90 Å². The van der Waals surface area contributed by atoms with Gasteiger partial charge in [0.05, 0.1) is 18.0 Å². The number of thioether (sulfide) groups is 1. The van der Waals surface area contributed by atoms with Gasteiger partial charge in [-0.25, -0.2) is 4.90 Å². The molecule has 2 heterocycles. The van der Waals surface area contributed by atoms with E-state index in [0.29, 0.717) is 11.6 Å². The molecule has 0 aromatic heterocycles. The van der Waals surface area contributed by atoms with Gasteiger partial charge < -0.3 is 4.90 Å². The van der Waals surface area contributed by atoms with Crippen LogP contribution in [0.25, 0.3) is 6.08 Å². The molecule has 0 atom stereocenters. The molecule has 2 fully saturated rings. The van der Waals surface area contributed by atoms with E-state index in [2.05, 4.69) is 0 Å². The normalized spacial score (nSPS) is 22.3. The zero-order valence-corrected chi connectivity index (χ0v) is 12.7. The van der Waals surface area contributed by atoms with E-state index in [-0.39, 0.29) is 11.1 Å². The van der Waals surface area contributed by atoms with E-state index >= 15 is 0 Å². The average molecular weight is 303 g/mol. The van der Waals surface area contributed by atoms with E-state index in [0.717, 1.165) is 30.4 Å². The molecule has 2 aliphatic rings. The van der Waals surface area contributed by atoms with Crippen LogP contribution in [0, 0.1) is 0 Å². The van der Waals surface area contributed by atoms with Crippen molar-refractivity contribution in [1.29, 1.82) is 0 Å². The van der Waals surface area contributed by atoms with E-state index in [4.69, 9.17) is 0 Å². The van der Waals surface area contributed by atoms with Crippen LogP contribution in [0.4, 0.5) is 4.79 Å². The second-order valence-corrected chi connectivity index (χ2v) is 6.48. The number of piperidine rings is 1. The van der Waals surface area contributed by atoms with Gasteiger partial charge in [0.2, 0.25) is 0 Å². The van der Waals surface area contributed by atoms with Crippen molar-refractivity contribution in [3.05, 3.63) is 40.8 Å². The van der Waals surface area contributed by atoms with Crippen LogP contribution in [-0.2, 0) is 4.79 Å². The number of hydrogen-bond acceptors (Lipinski definition) is 3. The average Bonchev–Trinajstić information content (AvgIpc) is 2.77. The molecular formula is C16H19N2O2S+. The van der Waals surface area contributed by atoms with Crippen molar-refractivity contribution >= 4 is 29.0 Å². The molecule has 2 amide bonds. The van der Waals surface area contributed by atoms with Crippen LogP contribution < -0.4 is 4.90 Å². The Morgan fingerprint density at radius 2 is 1.81 bits per heavy atom. The number of carbonyl (C=O) groups is 2. The van der Waals surface area contributed by atoms with Crippen molar-refractivity contribution in [3.63, 3.8) is 0 Å². The predicted molar refractivity (Wildman–Crippen MR) is 83.7 cm³/mol. The first-order valence-corrected chi connectivity index (χ1v) is 8.20. The summed E-state index contributed by atoms with van der Waals surface area (Å²) in [4.78, 5) is 27.7. The van der Waals surface area contributed by atoms with Gasteiger partial charge in [0.15, 0.2) is 6.67 Å². The maximum atomic E-state index is 12.4. The lowest BCUT2D eigenvalue weighted by Gasteiger charge is -2.26. The molecule has 1 aromatic rings. The Balaban J connectivity index is 1.71. The highest BCUT2D eigenvalue weighted by Gasteiger charge is 2.37. The monoisotopic (exact) mass is 303 g/mol. The molecule has 2 saturated heterocycles. The minimum absolute atomic E-state index is 0.139. The van der Waals surface area contributed by atoms with E-state index in [1.165, 1.54) is 29.1 Å². The largest absolute Gasteiger partial charge is 0.317 e. The second-order valence-electron chi connectivity index (χ2n) is 5.49. The van der Waals surface area contributed by atoms with E-state index in [9.17, 15) is 9.59 Å². The fourth-order valence-corrected chi connectivity index (χ4v) is 3.61. The molecule has 0 unspecified atom stereocenters. The van der Waals surface area contributed by atoms with Crippen molar-refractivity contribution in [2.45, 2.75) is 19.3 Å². The third-order valence-corrected chi connectivity index (χ3v) is 4.82. The zero-order chi connectivity index (χ0) is 14.7. The highest BCUT2D eigenvalue weighted by molar-refractivity contribution is 8.18. The Morgan fingerprint density at radius 1 is 1.10 bits per heavy atom. The van der Waals surface area contributed by atoms with Crippen LogP contribution in [-0.4, -0.2) is 35.8 Å². The summed E-state index contributed by atoms with van der Waals surface area (Å²) in [6.07, 6.45) is 5.44. The lowest BCUT2D eigenvalue weighted by molar-refractivity contribution is -0.912. The number of carbonyl (C=O) groups excluding carboxylic acids is 2. The maximum Gasteiger partial charge on any atom is 0.298 e. The minimum atomic E-state index is -0.146. The molecule has 2 aliphatic heterocycles. The molecule has 0 spiro atoms. The Kier molecular flexibility index (Phi) is 4.41. The molecule has 3 rings (SSSR count). The number of benzene rings is 1. The Labute approximate surface area is 128 Å². The van der Waals surface area contributed by atoms with Gasteiger partial charge in [0.1, 0.15) is 0 Å². The van der Waals surface area contributed by atoms with Gasteiger partial charge in [-0.05, 0) is 42.7 Å². The van der Waals surface area contributed by atoms with Gasteiger partial charge in [-0.3, -0.25) is 9.59 Å². The number of likely N-dealkylation sites (tertiary alicyclic amines) is 1. The van der Waals surface area contributed by atoms with Crippen molar-refractivity contribution in [2.24, 2.45) is 0 Å². The topological polar surface area (TPSA) is 41.8 Å². The Morgan fingerprint density at radius 3 is 2.52 bits per heavy atom. The Hall–Kier alpha value is -1.59. The molecule has 110 valence electrons. The summed E-state index contributed by atoms with van der Waals surface area (Å²) < 4.78 is 0. The first-order valence-electron chi connectivity index (χ1n) is 7.38. The number of amides is 2. The predicted octanol–water partition coefficient (Wildman–Crippen LogP) is 1.75. The summed E-state index contributed by atoms with van der Waals surface area (Å²) >= 11 is 1.05. The third kappa shape index (κ3) is 3.36. The smallest absolute Gasteiger partial charge is 0.298 e. The van der Waals surface area contributed by atoms with Gasteiger partial charge >= 0.3 is 0 Å². The maximum absolute atomic E-state index is 12.4. The standard InChI is InChI=1S/C16H18N2O2S/c19-15-14(11-13-7-3-1-4-8-13)21-16(20)18(15)12-17-9-5-2-6-10-17/h1,3-4,7-8,11H,2,5-6,9-10,12H2/p+1/b14-11-. The lowest BCUT2D eigenvalue weighted by atomic mass is 10.1. The molecular weight excluding hydrogens is 284 g/mol. The molecule has 4 nitrogen and oxygen atoms in total. The molecule has 0 bridgehead atoms. The molecule has 0 aliphatic carbocycles. The van der Waals surface area contributed by atoms with Gasteiger partial charge in [-0.15, -0.1) is 0 Å². The second kappa shape index (κ2) is 6.45. The van der Waals surface area contributed by atoms with E-state index in [1.807, 2.05) is 30.3 Å². The van der Waals surface area contributed by atoms with E-state index < -0.39 is 0 Å². The Bertz CT molecular complexity index is 565. The van der Waals surface area contributed by atoms with Crippen LogP contribution in [0.15, 0.2) is 35.2 Å². The number of hydrogen-bond donors (Lipinski definition) is 1. The highest BCUT2D eigenvalue weighted by Crippen LogP contribution is 2.31. The number of imide groups is 1. The SMILES string of the molecule is O=C1S/C(=C\c2ccccc2)C(=O)N1C[NH+]1CCCCC1. The van der Waals surface area contributed by atoms with Gasteiger partial charge in [-0.1, -0.05) is 30.3 Å². The summed E-state index contributed by atoms with van der Waals surface area (Å²) in [5, 5.41) is -0.139. The lowest BCUT2D eigenvalue weighted by Crippen LogP contribution is -3.14. The van der Waals surface area contributed by atoms with Crippen LogP contribution >= 0.6 is 11.8 Å². The molecule has 21 heavy (non-hydrogen) atoms. The van der Waals surface area contributed by atoms with Crippen LogP contribution in [0.3, 0.4) is 0 Å². The first kappa shape index (κ1) is 14.4.